The number of benzene rings is 2. The fourth-order valence-electron chi connectivity index (χ4n) is 3.26. The summed E-state index contributed by atoms with van der Waals surface area (Å²) in [6.45, 7) is 1.00. The van der Waals surface area contributed by atoms with Gasteiger partial charge in [0.1, 0.15) is 17.6 Å². The van der Waals surface area contributed by atoms with Gasteiger partial charge in [0.25, 0.3) is 5.91 Å². The number of methoxy groups -OCH3 is 1. The lowest BCUT2D eigenvalue weighted by Crippen LogP contribution is -2.30. The monoisotopic (exact) mass is 433 g/mol. The molecule has 4 rings (SSSR count). The van der Waals surface area contributed by atoms with Gasteiger partial charge in [0.15, 0.2) is 0 Å². The number of amides is 1. The average molecular weight is 433 g/mol. The number of carbonyl (C=O) groups excluding carboxylic acids is 1. The molecule has 1 fully saturated rings. The lowest BCUT2D eigenvalue weighted by Gasteiger charge is -2.17. The number of ether oxygens (including phenoxy) is 2. The van der Waals surface area contributed by atoms with E-state index in [1.54, 1.807) is 60.5 Å². The highest BCUT2D eigenvalue weighted by atomic mass is 19.4. The molecule has 1 amide bonds. The SMILES string of the molecule is COc1ccc(C(=O)N2CC[C@H](Oc3ccc(-c4noc(C(F)(F)F)n4)cc3)C2)cc1. The first-order chi connectivity index (χ1) is 14.8. The zero-order valence-corrected chi connectivity index (χ0v) is 16.4. The Labute approximate surface area is 175 Å². The van der Waals surface area contributed by atoms with Crippen LogP contribution in [0.5, 0.6) is 11.5 Å². The van der Waals surface area contributed by atoms with E-state index in [1.807, 2.05) is 0 Å². The first kappa shape index (κ1) is 20.7. The van der Waals surface area contributed by atoms with Crippen molar-refractivity contribution in [2.24, 2.45) is 0 Å². The highest BCUT2D eigenvalue weighted by Crippen LogP contribution is 2.30. The van der Waals surface area contributed by atoms with Crippen molar-refractivity contribution in [3.63, 3.8) is 0 Å². The third-order valence-corrected chi connectivity index (χ3v) is 4.85. The number of hydrogen-bond acceptors (Lipinski definition) is 6. The molecule has 0 N–H and O–H groups in total. The summed E-state index contributed by atoms with van der Waals surface area (Å²) in [5.41, 5.74) is 0.943. The molecule has 1 aliphatic rings. The molecular formula is C21H18F3N3O4. The second-order valence-corrected chi connectivity index (χ2v) is 6.95. The van der Waals surface area contributed by atoms with Crippen molar-refractivity contribution in [3.05, 3.63) is 60.0 Å². The van der Waals surface area contributed by atoms with Crippen molar-refractivity contribution in [3.8, 4) is 22.9 Å². The molecule has 31 heavy (non-hydrogen) atoms. The fraction of sp³-hybridized carbons (Fsp3) is 0.286. The van der Waals surface area contributed by atoms with Crippen LogP contribution in [0.1, 0.15) is 22.7 Å². The van der Waals surface area contributed by atoms with Crippen molar-refractivity contribution < 1.29 is 32.0 Å². The van der Waals surface area contributed by atoms with Gasteiger partial charge in [-0.3, -0.25) is 4.79 Å². The predicted octanol–water partition coefficient (Wildman–Crippen LogP) is 4.06. The van der Waals surface area contributed by atoms with E-state index >= 15 is 0 Å². The summed E-state index contributed by atoms with van der Waals surface area (Å²) in [4.78, 5) is 17.7. The fourth-order valence-corrected chi connectivity index (χ4v) is 3.26. The van der Waals surface area contributed by atoms with Crippen LogP contribution in [0, 0.1) is 0 Å². The number of rotatable bonds is 5. The lowest BCUT2D eigenvalue weighted by molar-refractivity contribution is -0.159. The van der Waals surface area contributed by atoms with Crippen LogP contribution in [-0.4, -0.2) is 47.3 Å². The van der Waals surface area contributed by atoms with Crippen LogP contribution in [0.3, 0.4) is 0 Å². The van der Waals surface area contributed by atoms with Gasteiger partial charge in [-0.1, -0.05) is 5.16 Å². The van der Waals surface area contributed by atoms with Crippen LogP contribution in [0.25, 0.3) is 11.4 Å². The van der Waals surface area contributed by atoms with Gasteiger partial charge in [-0.25, -0.2) is 0 Å². The van der Waals surface area contributed by atoms with Crippen LogP contribution >= 0.6 is 0 Å². The maximum absolute atomic E-state index is 12.6. The van der Waals surface area contributed by atoms with Gasteiger partial charge >= 0.3 is 12.1 Å². The quantitative estimate of drug-likeness (QED) is 0.604. The molecule has 0 unspecified atom stereocenters. The van der Waals surface area contributed by atoms with Crippen molar-refractivity contribution in [1.82, 2.24) is 15.0 Å². The third-order valence-electron chi connectivity index (χ3n) is 4.85. The molecular weight excluding hydrogens is 415 g/mol. The molecule has 0 radical (unpaired) electrons. The zero-order valence-electron chi connectivity index (χ0n) is 16.4. The van der Waals surface area contributed by atoms with E-state index in [2.05, 4.69) is 14.7 Å². The number of nitrogens with zero attached hydrogens (tertiary/aromatic N) is 3. The minimum Gasteiger partial charge on any atom is -0.497 e. The molecule has 0 spiro atoms. The Morgan fingerprint density at radius 3 is 2.39 bits per heavy atom. The van der Waals surface area contributed by atoms with E-state index in [9.17, 15) is 18.0 Å². The van der Waals surface area contributed by atoms with Gasteiger partial charge in [0.05, 0.1) is 13.7 Å². The molecule has 2 heterocycles. The van der Waals surface area contributed by atoms with Crippen LogP contribution in [0.15, 0.2) is 53.1 Å². The van der Waals surface area contributed by atoms with Crippen molar-refractivity contribution in [2.45, 2.75) is 18.7 Å². The van der Waals surface area contributed by atoms with E-state index in [0.29, 0.717) is 42.1 Å². The highest BCUT2D eigenvalue weighted by molar-refractivity contribution is 5.94. The van der Waals surface area contributed by atoms with Gasteiger partial charge in [-0.15, -0.1) is 0 Å². The van der Waals surface area contributed by atoms with Crippen LogP contribution < -0.4 is 9.47 Å². The molecule has 2 aromatic carbocycles. The maximum Gasteiger partial charge on any atom is 0.471 e. The Balaban J connectivity index is 1.35. The smallest absolute Gasteiger partial charge is 0.471 e. The Kier molecular flexibility index (Phi) is 5.53. The Bertz CT molecular complexity index is 1050. The normalized spacial score (nSPS) is 16.4. The summed E-state index contributed by atoms with van der Waals surface area (Å²) in [5.74, 6) is -0.418. The predicted molar refractivity (Wildman–Crippen MR) is 103 cm³/mol. The summed E-state index contributed by atoms with van der Waals surface area (Å²) in [6.07, 6.45) is -4.20. The van der Waals surface area contributed by atoms with Gasteiger partial charge in [-0.2, -0.15) is 18.2 Å². The Hall–Kier alpha value is -3.56. The molecule has 0 saturated carbocycles. The zero-order chi connectivity index (χ0) is 22.0. The van der Waals surface area contributed by atoms with Crippen LogP contribution in [0.2, 0.25) is 0 Å². The van der Waals surface area contributed by atoms with Crippen molar-refractivity contribution >= 4 is 5.91 Å². The van der Waals surface area contributed by atoms with Crippen molar-refractivity contribution in [2.75, 3.05) is 20.2 Å². The molecule has 7 nitrogen and oxygen atoms in total. The van der Waals surface area contributed by atoms with Gasteiger partial charge in [-0.05, 0) is 48.5 Å². The van der Waals surface area contributed by atoms with E-state index in [0.717, 1.165) is 0 Å². The van der Waals surface area contributed by atoms with E-state index in [1.165, 1.54) is 0 Å². The van der Waals surface area contributed by atoms with Crippen molar-refractivity contribution in [1.29, 1.82) is 0 Å². The number of likely N-dealkylation sites (tertiary alicyclic amines) is 1. The first-order valence-electron chi connectivity index (χ1n) is 9.45. The standard InChI is InChI=1S/C21H18F3N3O4/c1-29-15-6-4-14(5-7-15)19(28)27-11-10-17(12-27)30-16-8-2-13(3-9-16)18-25-20(31-26-18)21(22,23)24/h2-9,17H,10-12H2,1H3/t17-/m0/s1. The van der Waals surface area contributed by atoms with Crippen LogP contribution in [0.4, 0.5) is 13.2 Å². The molecule has 1 aliphatic heterocycles. The topological polar surface area (TPSA) is 77.7 Å². The van der Waals surface area contributed by atoms with Gasteiger partial charge in [0.2, 0.25) is 5.82 Å². The number of hydrogen-bond donors (Lipinski definition) is 0. The summed E-state index contributed by atoms with van der Waals surface area (Å²) >= 11 is 0. The third kappa shape index (κ3) is 4.62. The minimum absolute atomic E-state index is 0.0818. The highest BCUT2D eigenvalue weighted by Gasteiger charge is 2.38. The summed E-state index contributed by atoms with van der Waals surface area (Å²) in [7, 11) is 1.56. The van der Waals surface area contributed by atoms with E-state index < -0.39 is 12.1 Å². The average Bonchev–Trinajstić information content (AvgIpc) is 3.44. The summed E-state index contributed by atoms with van der Waals surface area (Å²) in [6, 6.07) is 13.2. The van der Waals surface area contributed by atoms with Gasteiger partial charge < -0.3 is 18.9 Å². The maximum atomic E-state index is 12.6. The summed E-state index contributed by atoms with van der Waals surface area (Å²) in [5, 5.41) is 3.36. The van der Waals surface area contributed by atoms with Gasteiger partial charge in [0, 0.05) is 24.1 Å². The molecule has 10 heteroatoms. The molecule has 1 saturated heterocycles. The van der Waals surface area contributed by atoms with E-state index in [-0.39, 0.29) is 17.8 Å². The Morgan fingerprint density at radius 1 is 1.10 bits per heavy atom. The second-order valence-electron chi connectivity index (χ2n) is 6.95. The Morgan fingerprint density at radius 2 is 1.77 bits per heavy atom. The lowest BCUT2D eigenvalue weighted by atomic mass is 10.2. The second kappa shape index (κ2) is 8.29. The number of carbonyl (C=O) groups is 1. The first-order valence-corrected chi connectivity index (χ1v) is 9.45. The molecule has 1 atom stereocenters. The molecule has 3 aromatic rings. The molecule has 0 bridgehead atoms. The molecule has 0 aliphatic carbocycles. The van der Waals surface area contributed by atoms with Crippen LogP contribution in [-0.2, 0) is 6.18 Å². The summed E-state index contributed by atoms with van der Waals surface area (Å²) < 4.78 is 53.0. The number of halogens is 3. The molecule has 162 valence electrons. The van der Waals surface area contributed by atoms with E-state index in [4.69, 9.17) is 9.47 Å². The molecule has 1 aromatic heterocycles. The minimum atomic E-state index is -4.69. The number of aromatic nitrogens is 2. The number of alkyl halides is 3. The largest absolute Gasteiger partial charge is 0.497 e.